The zero-order chi connectivity index (χ0) is 15.4. The zero-order valence-electron chi connectivity index (χ0n) is 11.8. The van der Waals surface area contributed by atoms with E-state index in [0.29, 0.717) is 12.2 Å². The molecule has 0 spiro atoms. The van der Waals surface area contributed by atoms with Crippen LogP contribution in [0.2, 0.25) is 0 Å². The summed E-state index contributed by atoms with van der Waals surface area (Å²) in [5, 5.41) is 0. The lowest BCUT2D eigenvalue weighted by Crippen LogP contribution is -2.25. The predicted octanol–water partition coefficient (Wildman–Crippen LogP) is 2.10. The summed E-state index contributed by atoms with van der Waals surface area (Å²) in [5.74, 6) is 0. The summed E-state index contributed by atoms with van der Waals surface area (Å²) in [6.45, 7) is 0.510. The number of benzene rings is 2. The van der Waals surface area contributed by atoms with Gasteiger partial charge in [0.15, 0.2) is 0 Å². The molecule has 0 amide bonds. The van der Waals surface area contributed by atoms with Gasteiger partial charge in [-0.3, -0.25) is 14.2 Å². The Bertz CT molecular complexity index is 857. The van der Waals surface area contributed by atoms with Gasteiger partial charge in [0.2, 0.25) is 0 Å². The van der Waals surface area contributed by atoms with Crippen LogP contribution in [0.25, 0.3) is 16.7 Å². The minimum absolute atomic E-state index is 0.138. The van der Waals surface area contributed by atoms with Crippen LogP contribution in [0.4, 0.5) is 0 Å². The van der Waals surface area contributed by atoms with Gasteiger partial charge in [-0.25, -0.2) is 4.98 Å². The van der Waals surface area contributed by atoms with Crippen LogP contribution in [-0.2, 0) is 16.0 Å². The first kappa shape index (κ1) is 14.0. The minimum Gasteiger partial charge on any atom is -0.467 e. The van der Waals surface area contributed by atoms with Gasteiger partial charge in [-0.05, 0) is 24.3 Å². The highest BCUT2D eigenvalue weighted by atomic mass is 16.5. The third-order valence-electron chi connectivity index (χ3n) is 3.37. The summed E-state index contributed by atoms with van der Waals surface area (Å²) in [4.78, 5) is 27.4. The number of hydrogen-bond donors (Lipinski definition) is 0. The number of hydrogen-bond acceptors (Lipinski definition) is 4. The van der Waals surface area contributed by atoms with Crippen molar-refractivity contribution in [1.29, 1.82) is 0 Å². The molecule has 0 aliphatic carbocycles. The van der Waals surface area contributed by atoms with Crippen LogP contribution in [0.5, 0.6) is 0 Å². The molecule has 2 aromatic carbocycles. The predicted molar refractivity (Wildman–Crippen MR) is 83.1 cm³/mol. The average molecular weight is 294 g/mol. The summed E-state index contributed by atoms with van der Waals surface area (Å²) >= 11 is 0. The Morgan fingerprint density at radius 3 is 2.55 bits per heavy atom. The van der Waals surface area contributed by atoms with Crippen molar-refractivity contribution >= 4 is 17.5 Å². The van der Waals surface area contributed by atoms with E-state index in [0.717, 1.165) is 16.7 Å². The molecule has 0 atom stereocenters. The molecule has 22 heavy (non-hydrogen) atoms. The summed E-state index contributed by atoms with van der Waals surface area (Å²) in [7, 11) is 0. The molecule has 0 aliphatic rings. The van der Waals surface area contributed by atoms with Crippen LogP contribution >= 0.6 is 0 Å². The number of fused-ring (bicyclic) bond motifs is 1. The molecular formula is C17H14N2O3. The number of carbonyl (C=O) groups excluding carboxylic acids is 1. The Hall–Kier alpha value is -2.95. The second-order valence-corrected chi connectivity index (χ2v) is 4.74. The smallest absolute Gasteiger partial charge is 0.293 e. The molecule has 0 saturated carbocycles. The zero-order valence-corrected chi connectivity index (χ0v) is 11.8. The molecule has 0 radical (unpaired) electrons. The molecule has 0 saturated heterocycles. The summed E-state index contributed by atoms with van der Waals surface area (Å²) in [6.07, 6.45) is 0.287. The van der Waals surface area contributed by atoms with Crippen molar-refractivity contribution in [2.75, 3.05) is 6.61 Å². The monoisotopic (exact) mass is 294 g/mol. The second kappa shape index (κ2) is 6.22. The Labute approximate surface area is 126 Å². The lowest BCUT2D eigenvalue weighted by atomic mass is 10.2. The standard InChI is InChI=1S/C17H14N2O3/c20-12-22-11-10-15-17(21)19(13-6-2-1-3-7-13)16-9-5-4-8-14(16)18-15/h1-9,12H,10-11H2. The Morgan fingerprint density at radius 2 is 1.77 bits per heavy atom. The Kier molecular flexibility index (Phi) is 3.96. The van der Waals surface area contributed by atoms with Crippen LogP contribution in [0.1, 0.15) is 5.69 Å². The van der Waals surface area contributed by atoms with Crippen molar-refractivity contribution < 1.29 is 9.53 Å². The van der Waals surface area contributed by atoms with Crippen molar-refractivity contribution in [1.82, 2.24) is 9.55 Å². The highest BCUT2D eigenvalue weighted by Gasteiger charge is 2.12. The molecular weight excluding hydrogens is 280 g/mol. The van der Waals surface area contributed by atoms with Crippen molar-refractivity contribution in [3.8, 4) is 5.69 Å². The first-order valence-corrected chi connectivity index (χ1v) is 6.92. The van der Waals surface area contributed by atoms with E-state index in [1.165, 1.54) is 0 Å². The van der Waals surface area contributed by atoms with E-state index in [2.05, 4.69) is 9.72 Å². The maximum Gasteiger partial charge on any atom is 0.293 e. The Balaban J connectivity index is 2.21. The van der Waals surface area contributed by atoms with Crippen LogP contribution < -0.4 is 5.56 Å². The van der Waals surface area contributed by atoms with E-state index in [4.69, 9.17) is 0 Å². The number of ether oxygens (including phenoxy) is 1. The fourth-order valence-corrected chi connectivity index (χ4v) is 2.38. The molecule has 0 fully saturated rings. The summed E-state index contributed by atoms with van der Waals surface area (Å²) < 4.78 is 6.32. The van der Waals surface area contributed by atoms with E-state index in [1.807, 2.05) is 54.6 Å². The van der Waals surface area contributed by atoms with E-state index in [1.54, 1.807) is 4.57 Å². The van der Waals surface area contributed by atoms with E-state index in [-0.39, 0.29) is 18.6 Å². The quantitative estimate of drug-likeness (QED) is 0.534. The van der Waals surface area contributed by atoms with E-state index in [9.17, 15) is 9.59 Å². The molecule has 0 bridgehead atoms. The molecule has 110 valence electrons. The largest absolute Gasteiger partial charge is 0.467 e. The van der Waals surface area contributed by atoms with Crippen molar-refractivity contribution in [3.05, 3.63) is 70.6 Å². The van der Waals surface area contributed by atoms with Gasteiger partial charge in [0, 0.05) is 12.1 Å². The maximum absolute atomic E-state index is 12.7. The number of rotatable bonds is 5. The Morgan fingerprint density at radius 1 is 1.05 bits per heavy atom. The minimum atomic E-state index is -0.195. The summed E-state index contributed by atoms with van der Waals surface area (Å²) in [6, 6.07) is 16.9. The number of carbonyl (C=O) groups is 1. The maximum atomic E-state index is 12.7. The van der Waals surface area contributed by atoms with Gasteiger partial charge in [0.25, 0.3) is 12.0 Å². The van der Waals surface area contributed by atoms with Crippen LogP contribution in [-0.4, -0.2) is 22.6 Å². The van der Waals surface area contributed by atoms with Crippen LogP contribution in [0.3, 0.4) is 0 Å². The molecule has 0 aliphatic heterocycles. The first-order chi connectivity index (χ1) is 10.8. The highest BCUT2D eigenvalue weighted by molar-refractivity contribution is 5.76. The molecule has 1 heterocycles. The number of para-hydroxylation sites is 3. The SMILES string of the molecule is O=COCCc1nc2ccccc2n(-c2ccccc2)c1=O. The van der Waals surface area contributed by atoms with E-state index < -0.39 is 0 Å². The second-order valence-electron chi connectivity index (χ2n) is 4.74. The fourth-order valence-electron chi connectivity index (χ4n) is 2.38. The van der Waals surface area contributed by atoms with Crippen molar-refractivity contribution in [2.24, 2.45) is 0 Å². The van der Waals surface area contributed by atoms with Gasteiger partial charge >= 0.3 is 0 Å². The molecule has 5 heteroatoms. The van der Waals surface area contributed by atoms with Gasteiger partial charge in [0.05, 0.1) is 17.6 Å². The van der Waals surface area contributed by atoms with Gasteiger partial charge in [-0.1, -0.05) is 30.3 Å². The molecule has 3 aromatic rings. The number of nitrogens with zero attached hydrogens (tertiary/aromatic N) is 2. The van der Waals surface area contributed by atoms with Crippen LogP contribution in [0.15, 0.2) is 59.4 Å². The van der Waals surface area contributed by atoms with Gasteiger partial charge in [0.1, 0.15) is 5.69 Å². The van der Waals surface area contributed by atoms with Crippen molar-refractivity contribution in [2.45, 2.75) is 6.42 Å². The molecule has 0 N–H and O–H groups in total. The molecule has 0 unspecified atom stereocenters. The van der Waals surface area contributed by atoms with Gasteiger partial charge < -0.3 is 4.74 Å². The summed E-state index contributed by atoms with van der Waals surface area (Å²) in [5.41, 5.74) is 2.44. The number of aromatic nitrogens is 2. The third-order valence-corrected chi connectivity index (χ3v) is 3.37. The fraction of sp³-hybridized carbons (Fsp3) is 0.118. The molecule has 3 rings (SSSR count). The lowest BCUT2D eigenvalue weighted by Gasteiger charge is -2.12. The van der Waals surface area contributed by atoms with Gasteiger partial charge in [-0.2, -0.15) is 0 Å². The topological polar surface area (TPSA) is 61.2 Å². The van der Waals surface area contributed by atoms with E-state index >= 15 is 0 Å². The normalized spacial score (nSPS) is 10.5. The highest BCUT2D eigenvalue weighted by Crippen LogP contribution is 2.15. The van der Waals surface area contributed by atoms with Crippen LogP contribution in [0, 0.1) is 0 Å². The average Bonchev–Trinajstić information content (AvgIpc) is 2.56. The first-order valence-electron chi connectivity index (χ1n) is 6.92. The van der Waals surface area contributed by atoms with Gasteiger partial charge in [-0.15, -0.1) is 0 Å². The third kappa shape index (κ3) is 2.61. The molecule has 1 aromatic heterocycles. The van der Waals surface area contributed by atoms with Crippen molar-refractivity contribution in [3.63, 3.8) is 0 Å². The lowest BCUT2D eigenvalue weighted by molar-refractivity contribution is -0.128. The molecule has 5 nitrogen and oxygen atoms in total.